The lowest BCUT2D eigenvalue weighted by Crippen LogP contribution is -1.97. The van der Waals surface area contributed by atoms with E-state index in [-0.39, 0.29) is 0 Å². The van der Waals surface area contributed by atoms with Gasteiger partial charge >= 0.3 is 0 Å². The minimum absolute atomic E-state index is 0.721. The molecule has 0 amide bonds. The topological polar surface area (TPSA) is 69.9 Å². The zero-order chi connectivity index (χ0) is 28.2. The van der Waals surface area contributed by atoms with E-state index in [2.05, 4.69) is 127 Å². The molecule has 0 unspecified atom stereocenters. The van der Waals surface area contributed by atoms with Gasteiger partial charge in [0.25, 0.3) is 0 Å². The fraction of sp³-hybridized carbons (Fsp3) is 0.0541. The number of hydrogen-bond donors (Lipinski definition) is 2. The van der Waals surface area contributed by atoms with Gasteiger partial charge in [0.1, 0.15) is 0 Å². The van der Waals surface area contributed by atoms with E-state index in [1.807, 2.05) is 12.3 Å². The maximum Gasteiger partial charge on any atom is 0.0537 e. The summed E-state index contributed by atoms with van der Waals surface area (Å²) in [4.78, 5) is 4.73. The summed E-state index contributed by atoms with van der Waals surface area (Å²) >= 11 is 0. The minimum atomic E-state index is 0.721. The Bertz CT molecular complexity index is 1920. The molecule has 4 heteroatoms. The van der Waals surface area contributed by atoms with Crippen molar-refractivity contribution in [1.29, 1.82) is 0 Å². The second-order valence-corrected chi connectivity index (χ2v) is 10.1. The highest BCUT2D eigenvalue weighted by atomic mass is 15.0. The molecule has 0 atom stereocenters. The Hall–Kier alpha value is -5.35. The number of nitrogens with two attached hydrogens (primary N) is 2. The van der Waals surface area contributed by atoms with Crippen molar-refractivity contribution < 1.29 is 0 Å². The van der Waals surface area contributed by atoms with Crippen molar-refractivity contribution in [2.45, 2.75) is 13.3 Å². The fourth-order valence-corrected chi connectivity index (χ4v) is 5.53. The quantitative estimate of drug-likeness (QED) is 0.204. The number of allylic oxidation sites excluding steroid dienone is 3. The van der Waals surface area contributed by atoms with E-state index in [0.717, 1.165) is 51.3 Å². The molecule has 2 heterocycles. The van der Waals surface area contributed by atoms with Crippen molar-refractivity contribution in [1.82, 2.24) is 9.55 Å². The van der Waals surface area contributed by atoms with Gasteiger partial charge in [0, 0.05) is 41.1 Å². The third-order valence-electron chi connectivity index (χ3n) is 7.62. The number of aromatic nitrogens is 2. The average molecular weight is 533 g/mol. The average Bonchev–Trinajstić information content (AvgIpc) is 3.31. The number of fused-ring (bicyclic) bond motifs is 2. The van der Waals surface area contributed by atoms with Crippen LogP contribution >= 0.6 is 0 Å². The van der Waals surface area contributed by atoms with Crippen LogP contribution < -0.4 is 11.5 Å². The Balaban J connectivity index is 1.20. The van der Waals surface area contributed by atoms with Crippen LogP contribution in [-0.2, 0) is 6.42 Å². The molecule has 0 fully saturated rings. The summed E-state index contributed by atoms with van der Waals surface area (Å²) in [6, 6.07) is 35.9. The highest BCUT2D eigenvalue weighted by Crippen LogP contribution is 2.31. The molecule has 0 aliphatic rings. The van der Waals surface area contributed by atoms with Gasteiger partial charge in [-0.15, -0.1) is 0 Å². The molecule has 0 radical (unpaired) electrons. The van der Waals surface area contributed by atoms with Crippen LogP contribution in [0.25, 0.3) is 50.1 Å². The van der Waals surface area contributed by atoms with Crippen molar-refractivity contribution in [3.63, 3.8) is 0 Å². The van der Waals surface area contributed by atoms with Gasteiger partial charge in [0.15, 0.2) is 0 Å². The van der Waals surface area contributed by atoms with Gasteiger partial charge in [0.2, 0.25) is 0 Å². The normalized spacial score (nSPS) is 12.3. The predicted octanol–water partition coefficient (Wildman–Crippen LogP) is 8.18. The molecule has 6 rings (SSSR count). The van der Waals surface area contributed by atoms with E-state index in [1.54, 1.807) is 12.4 Å². The summed E-state index contributed by atoms with van der Waals surface area (Å²) in [5.74, 6) is 0. The summed E-state index contributed by atoms with van der Waals surface area (Å²) in [5.41, 5.74) is 21.7. The van der Waals surface area contributed by atoms with Gasteiger partial charge in [-0.25, -0.2) is 0 Å². The van der Waals surface area contributed by atoms with Crippen LogP contribution in [0.15, 0.2) is 134 Å². The van der Waals surface area contributed by atoms with Crippen LogP contribution in [-0.4, -0.2) is 9.55 Å². The van der Waals surface area contributed by atoms with Gasteiger partial charge in [0.05, 0.1) is 11.2 Å². The molecule has 6 aromatic rings. The van der Waals surface area contributed by atoms with Crippen molar-refractivity contribution in [2.24, 2.45) is 11.5 Å². The zero-order valence-corrected chi connectivity index (χ0v) is 23.0. The van der Waals surface area contributed by atoms with Gasteiger partial charge in [-0.2, -0.15) is 0 Å². The van der Waals surface area contributed by atoms with E-state index < -0.39 is 0 Å². The third-order valence-corrected chi connectivity index (χ3v) is 7.62. The Labute approximate surface area is 240 Å². The smallest absolute Gasteiger partial charge is 0.0537 e. The summed E-state index contributed by atoms with van der Waals surface area (Å²) < 4.78 is 2.26. The van der Waals surface area contributed by atoms with Gasteiger partial charge in [-0.05, 0) is 76.5 Å². The highest BCUT2D eigenvalue weighted by Gasteiger charge is 2.13. The first-order valence-electron chi connectivity index (χ1n) is 13.8. The number of aryl methyl sites for hydroxylation is 1. The molecule has 4 aromatic carbocycles. The number of pyridine rings is 1. The Morgan fingerprint density at radius 1 is 0.780 bits per heavy atom. The first kappa shape index (κ1) is 25.9. The summed E-state index contributed by atoms with van der Waals surface area (Å²) in [7, 11) is 0. The predicted molar refractivity (Wildman–Crippen MR) is 173 cm³/mol. The van der Waals surface area contributed by atoms with Crippen molar-refractivity contribution in [3.05, 3.63) is 156 Å². The lowest BCUT2D eigenvalue weighted by Gasteiger charge is -2.11. The first-order chi connectivity index (χ1) is 20.2. The zero-order valence-electron chi connectivity index (χ0n) is 23.0. The minimum Gasteiger partial charge on any atom is -0.405 e. The Morgan fingerprint density at radius 2 is 1.51 bits per heavy atom. The van der Waals surface area contributed by atoms with Crippen LogP contribution in [0.2, 0.25) is 0 Å². The number of nitrogens with zero attached hydrogens (tertiary/aromatic N) is 2. The molecule has 0 bridgehead atoms. The molecule has 0 saturated carbocycles. The lowest BCUT2D eigenvalue weighted by molar-refractivity contribution is 1.09. The standard InChI is InChI=1S/C37H32N4/c1-26-33-12-4-5-15-37(33)41(36(26)22-23-38)32-20-17-27(18-21-32)30-16-19-31(40-25-30)11-6-10-29(24-39)35-14-7-9-28-8-2-3-13-34(28)35/h2-10,12-25H,11,38-39H2,1H3/b10-6-,23-22-,29-24+. The maximum absolute atomic E-state index is 6.02. The summed E-state index contributed by atoms with van der Waals surface area (Å²) in [6.45, 7) is 2.14. The molecule has 4 nitrogen and oxygen atoms in total. The number of rotatable bonds is 7. The van der Waals surface area contributed by atoms with Crippen LogP contribution in [0.5, 0.6) is 0 Å². The van der Waals surface area contributed by atoms with Gasteiger partial charge in [-0.1, -0.05) is 91.0 Å². The SMILES string of the molecule is Cc1c(/C=C\N)n(-c2ccc(-c3ccc(C/C=C\C(=C/N)c4cccc5ccccc45)nc3)cc2)c2ccccc12. The highest BCUT2D eigenvalue weighted by molar-refractivity contribution is 5.96. The molecular weight excluding hydrogens is 500 g/mol. The molecule has 0 saturated heterocycles. The number of benzene rings is 4. The molecule has 200 valence electrons. The van der Waals surface area contributed by atoms with E-state index in [4.69, 9.17) is 16.5 Å². The molecule has 2 aromatic heterocycles. The number of para-hydroxylation sites is 1. The van der Waals surface area contributed by atoms with Gasteiger partial charge in [-0.3, -0.25) is 4.98 Å². The molecule has 41 heavy (non-hydrogen) atoms. The maximum atomic E-state index is 6.02. The monoisotopic (exact) mass is 532 g/mol. The van der Waals surface area contributed by atoms with Crippen LogP contribution in [0, 0.1) is 6.92 Å². The Kier molecular flexibility index (Phi) is 7.21. The largest absolute Gasteiger partial charge is 0.405 e. The first-order valence-corrected chi connectivity index (χ1v) is 13.8. The summed E-state index contributed by atoms with van der Waals surface area (Å²) in [6.07, 6.45) is 12.1. The Morgan fingerprint density at radius 3 is 2.27 bits per heavy atom. The van der Waals surface area contributed by atoms with E-state index in [9.17, 15) is 0 Å². The lowest BCUT2D eigenvalue weighted by atomic mass is 9.98. The molecule has 0 aliphatic heterocycles. The van der Waals surface area contributed by atoms with Gasteiger partial charge < -0.3 is 16.0 Å². The van der Waals surface area contributed by atoms with Crippen LogP contribution in [0.4, 0.5) is 0 Å². The molecule has 4 N–H and O–H groups in total. The molecule has 0 aliphatic carbocycles. The van der Waals surface area contributed by atoms with Crippen molar-refractivity contribution >= 4 is 33.3 Å². The van der Waals surface area contributed by atoms with Crippen LogP contribution in [0.1, 0.15) is 22.5 Å². The number of hydrogen-bond acceptors (Lipinski definition) is 3. The second-order valence-electron chi connectivity index (χ2n) is 10.1. The van der Waals surface area contributed by atoms with E-state index in [1.165, 1.54) is 21.7 Å². The third kappa shape index (κ3) is 5.04. The second kappa shape index (κ2) is 11.4. The van der Waals surface area contributed by atoms with Crippen molar-refractivity contribution in [3.8, 4) is 16.8 Å². The summed E-state index contributed by atoms with van der Waals surface area (Å²) in [5, 5.41) is 3.62. The van der Waals surface area contributed by atoms with E-state index in [0.29, 0.717) is 0 Å². The van der Waals surface area contributed by atoms with E-state index >= 15 is 0 Å². The fourth-order valence-electron chi connectivity index (χ4n) is 5.53. The van der Waals surface area contributed by atoms with Crippen LogP contribution in [0.3, 0.4) is 0 Å². The molecule has 0 spiro atoms. The molecular formula is C37H32N4. The van der Waals surface area contributed by atoms with Crippen molar-refractivity contribution in [2.75, 3.05) is 0 Å².